The van der Waals surface area contributed by atoms with Crippen molar-refractivity contribution in [1.82, 2.24) is 0 Å². The monoisotopic (exact) mass is 117 g/mol. The van der Waals surface area contributed by atoms with Crippen LogP contribution in [0.15, 0.2) is 0 Å². The first kappa shape index (κ1) is 6.01. The summed E-state index contributed by atoms with van der Waals surface area (Å²) in [5, 5.41) is 11.1. The second-order valence-corrected chi connectivity index (χ2v) is 2.19. The first-order valence-corrected chi connectivity index (χ1v) is 2.91. The van der Waals surface area contributed by atoms with E-state index in [1.54, 1.807) is 0 Å². The minimum atomic E-state index is 0.142. The lowest BCUT2D eigenvalue weighted by molar-refractivity contribution is -0.882. The maximum Gasteiger partial charge on any atom is 0.108 e. The molecule has 0 amide bonds. The molecule has 1 fully saturated rings. The summed E-state index contributed by atoms with van der Waals surface area (Å²) in [5.41, 5.74) is 0. The largest absolute Gasteiger partial charge is 0.634 e. The molecule has 0 radical (unpaired) electrons. The lowest BCUT2D eigenvalue weighted by atomic mass is 10.3. The van der Waals surface area contributed by atoms with Gasteiger partial charge in [0, 0.05) is 0 Å². The Balaban J connectivity index is 2.28. The van der Waals surface area contributed by atoms with Crippen molar-refractivity contribution in [2.45, 2.75) is 13.0 Å². The van der Waals surface area contributed by atoms with Crippen molar-refractivity contribution in [1.29, 1.82) is 0 Å². The summed E-state index contributed by atoms with van der Waals surface area (Å²) in [4.78, 5) is 0. The highest BCUT2D eigenvalue weighted by molar-refractivity contribution is 4.49. The first-order chi connectivity index (χ1) is 3.80. The van der Waals surface area contributed by atoms with Crippen molar-refractivity contribution in [3.8, 4) is 0 Å². The Morgan fingerprint density at radius 2 is 2.50 bits per heavy atom. The van der Waals surface area contributed by atoms with E-state index in [0.29, 0.717) is 24.8 Å². The third-order valence-corrected chi connectivity index (χ3v) is 1.41. The summed E-state index contributed by atoms with van der Waals surface area (Å²) < 4.78 is 5.03. The van der Waals surface area contributed by atoms with Crippen LogP contribution >= 0.6 is 0 Å². The molecular weight excluding hydrogens is 106 g/mol. The lowest BCUT2D eigenvalue weighted by Gasteiger charge is -2.32. The summed E-state index contributed by atoms with van der Waals surface area (Å²) in [6.45, 7) is 3.77. The Labute approximate surface area is 48.8 Å². The molecule has 0 aliphatic carbocycles. The molecule has 1 rings (SSSR count). The van der Waals surface area contributed by atoms with Crippen LogP contribution < -0.4 is 5.06 Å². The highest BCUT2D eigenvalue weighted by Gasteiger charge is 2.13. The molecular formula is C5H11NO2. The molecule has 0 bridgehead atoms. The number of nitrogens with one attached hydrogen (secondary N) is 1. The average Bonchev–Trinajstić information content (AvgIpc) is 1.77. The summed E-state index contributed by atoms with van der Waals surface area (Å²) in [6.07, 6.45) is 0. The molecule has 0 aromatic rings. The third kappa shape index (κ3) is 1.18. The standard InChI is InChI=1S/C5H11NO2/c1-5-4-8-3-2-6(5)7/h5-6H,2-4H2,1H3. The molecule has 0 aromatic heterocycles. The molecule has 1 aliphatic rings. The molecule has 0 spiro atoms. The Kier molecular flexibility index (Phi) is 1.83. The number of ether oxygens (including phenoxy) is 1. The van der Waals surface area contributed by atoms with E-state index in [1.807, 2.05) is 6.92 Å². The SMILES string of the molecule is CC1COCC[NH+]1[O-]. The zero-order chi connectivity index (χ0) is 5.98. The van der Waals surface area contributed by atoms with Crippen molar-refractivity contribution < 1.29 is 9.80 Å². The number of quaternary nitrogens is 1. The molecule has 8 heavy (non-hydrogen) atoms. The van der Waals surface area contributed by atoms with Crippen molar-refractivity contribution in [2.75, 3.05) is 19.8 Å². The van der Waals surface area contributed by atoms with Crippen LogP contribution in [-0.4, -0.2) is 25.8 Å². The van der Waals surface area contributed by atoms with Gasteiger partial charge in [-0.2, -0.15) is 0 Å². The molecule has 3 nitrogen and oxygen atoms in total. The Morgan fingerprint density at radius 1 is 1.75 bits per heavy atom. The average molecular weight is 117 g/mol. The van der Waals surface area contributed by atoms with Gasteiger partial charge in [-0.25, -0.2) is 0 Å². The molecule has 2 unspecified atom stereocenters. The van der Waals surface area contributed by atoms with E-state index < -0.39 is 0 Å². The van der Waals surface area contributed by atoms with Gasteiger partial charge < -0.3 is 15.0 Å². The summed E-state index contributed by atoms with van der Waals surface area (Å²) in [7, 11) is 0. The minimum Gasteiger partial charge on any atom is -0.634 e. The smallest absolute Gasteiger partial charge is 0.108 e. The number of morpholine rings is 1. The predicted molar refractivity (Wildman–Crippen MR) is 29.5 cm³/mol. The molecule has 1 saturated heterocycles. The van der Waals surface area contributed by atoms with Crippen molar-refractivity contribution >= 4 is 0 Å². The molecule has 0 aromatic carbocycles. The van der Waals surface area contributed by atoms with Crippen LogP contribution in [0.2, 0.25) is 0 Å². The first-order valence-electron chi connectivity index (χ1n) is 2.91. The second-order valence-electron chi connectivity index (χ2n) is 2.19. The third-order valence-electron chi connectivity index (χ3n) is 1.41. The van der Waals surface area contributed by atoms with Gasteiger partial charge in [-0.1, -0.05) is 0 Å². The Bertz CT molecular complexity index is 66.8. The Hall–Kier alpha value is -0.120. The number of rotatable bonds is 0. The van der Waals surface area contributed by atoms with E-state index >= 15 is 0 Å². The Morgan fingerprint density at radius 3 is 2.88 bits per heavy atom. The lowest BCUT2D eigenvalue weighted by Crippen LogP contribution is -3.13. The van der Waals surface area contributed by atoms with E-state index in [2.05, 4.69) is 0 Å². The van der Waals surface area contributed by atoms with E-state index in [9.17, 15) is 5.21 Å². The fraction of sp³-hybridized carbons (Fsp3) is 1.00. The summed E-state index contributed by atoms with van der Waals surface area (Å²) in [5.74, 6) is 0. The van der Waals surface area contributed by atoms with E-state index in [-0.39, 0.29) is 6.04 Å². The van der Waals surface area contributed by atoms with Crippen LogP contribution in [0.1, 0.15) is 6.92 Å². The van der Waals surface area contributed by atoms with E-state index in [4.69, 9.17) is 4.74 Å². The van der Waals surface area contributed by atoms with E-state index in [1.165, 1.54) is 0 Å². The van der Waals surface area contributed by atoms with Crippen LogP contribution in [-0.2, 0) is 4.74 Å². The molecule has 0 saturated carbocycles. The van der Waals surface area contributed by atoms with Crippen LogP contribution in [0.3, 0.4) is 0 Å². The maximum absolute atomic E-state index is 10.7. The van der Waals surface area contributed by atoms with Gasteiger partial charge >= 0.3 is 0 Å². The molecule has 1 heterocycles. The molecule has 1 aliphatic heterocycles. The molecule has 2 atom stereocenters. The fourth-order valence-corrected chi connectivity index (χ4v) is 0.772. The quantitative estimate of drug-likeness (QED) is 0.404. The highest BCUT2D eigenvalue weighted by Crippen LogP contribution is 1.83. The van der Waals surface area contributed by atoms with Crippen molar-refractivity contribution in [2.24, 2.45) is 0 Å². The van der Waals surface area contributed by atoms with Gasteiger partial charge in [0.25, 0.3) is 0 Å². The molecule has 3 heteroatoms. The minimum absolute atomic E-state index is 0.142. The van der Waals surface area contributed by atoms with Gasteiger partial charge in [0.05, 0.1) is 13.2 Å². The maximum atomic E-state index is 10.7. The van der Waals surface area contributed by atoms with Crippen molar-refractivity contribution in [3.63, 3.8) is 0 Å². The van der Waals surface area contributed by atoms with Crippen LogP contribution in [0.25, 0.3) is 0 Å². The van der Waals surface area contributed by atoms with Crippen LogP contribution in [0.4, 0.5) is 0 Å². The normalized spacial score (nSPS) is 39.8. The summed E-state index contributed by atoms with van der Waals surface area (Å²) in [6, 6.07) is 0.142. The van der Waals surface area contributed by atoms with Gasteiger partial charge in [0.15, 0.2) is 0 Å². The van der Waals surface area contributed by atoms with Gasteiger partial charge in [0.1, 0.15) is 12.6 Å². The summed E-state index contributed by atoms with van der Waals surface area (Å²) >= 11 is 0. The van der Waals surface area contributed by atoms with Crippen LogP contribution in [0.5, 0.6) is 0 Å². The topological polar surface area (TPSA) is 36.7 Å². The van der Waals surface area contributed by atoms with Gasteiger partial charge in [-0.15, -0.1) is 0 Å². The molecule has 1 N–H and O–H groups in total. The van der Waals surface area contributed by atoms with Crippen LogP contribution in [0, 0.1) is 5.21 Å². The van der Waals surface area contributed by atoms with E-state index in [0.717, 1.165) is 0 Å². The molecule has 48 valence electrons. The highest BCUT2D eigenvalue weighted by atomic mass is 16.5. The second kappa shape index (κ2) is 2.44. The zero-order valence-electron chi connectivity index (χ0n) is 5.02. The number of hydrogen-bond acceptors (Lipinski definition) is 2. The van der Waals surface area contributed by atoms with Gasteiger partial charge in [-0.3, -0.25) is 0 Å². The zero-order valence-corrected chi connectivity index (χ0v) is 5.02. The van der Waals surface area contributed by atoms with Gasteiger partial charge in [0.2, 0.25) is 0 Å². The van der Waals surface area contributed by atoms with Crippen molar-refractivity contribution in [3.05, 3.63) is 5.21 Å². The number of hydroxylamine groups is 2. The van der Waals surface area contributed by atoms with Gasteiger partial charge in [-0.05, 0) is 6.92 Å². The fourth-order valence-electron chi connectivity index (χ4n) is 0.772. The predicted octanol–water partition coefficient (Wildman–Crippen LogP) is -1.21. The number of hydrogen-bond donors (Lipinski definition) is 1.